The third kappa shape index (κ3) is 4.70. The Balaban J connectivity index is 1.79. The lowest BCUT2D eigenvalue weighted by Gasteiger charge is -2.08. The molecular formula is C19H15FN8O. The van der Waals surface area contributed by atoms with E-state index in [1.54, 1.807) is 25.3 Å². The van der Waals surface area contributed by atoms with Gasteiger partial charge in [0.25, 0.3) is 5.91 Å². The lowest BCUT2D eigenvalue weighted by Crippen LogP contribution is -2.31. The number of carbonyl (C=O) groups is 1. The van der Waals surface area contributed by atoms with Crippen LogP contribution in [0.4, 0.5) is 16.0 Å². The SMILES string of the molecule is CC(C#N)NC(=O)c1ccc(-c2nc(Nc3cnn(CC#N)c3)ncc2F)cc1. The van der Waals surface area contributed by atoms with E-state index in [1.165, 1.54) is 23.0 Å². The second-order valence-corrected chi connectivity index (χ2v) is 6.00. The molecule has 1 aromatic carbocycles. The lowest BCUT2D eigenvalue weighted by molar-refractivity contribution is 0.0948. The van der Waals surface area contributed by atoms with E-state index in [-0.39, 0.29) is 18.2 Å². The molecule has 0 aliphatic heterocycles. The summed E-state index contributed by atoms with van der Waals surface area (Å²) in [6, 6.07) is 9.44. The van der Waals surface area contributed by atoms with Crippen LogP contribution in [0.2, 0.25) is 0 Å². The summed E-state index contributed by atoms with van der Waals surface area (Å²) < 4.78 is 15.7. The number of nitriles is 2. The zero-order chi connectivity index (χ0) is 20.8. The number of amides is 1. The van der Waals surface area contributed by atoms with E-state index in [0.717, 1.165) is 6.20 Å². The molecule has 9 nitrogen and oxygen atoms in total. The van der Waals surface area contributed by atoms with E-state index in [1.807, 2.05) is 12.1 Å². The number of hydrogen-bond donors (Lipinski definition) is 2. The highest BCUT2D eigenvalue weighted by atomic mass is 19.1. The predicted octanol–water partition coefficient (Wildman–Crippen LogP) is 2.39. The van der Waals surface area contributed by atoms with Gasteiger partial charge in [0, 0.05) is 17.3 Å². The molecule has 1 atom stereocenters. The minimum atomic E-state index is -0.619. The molecule has 0 radical (unpaired) electrons. The highest BCUT2D eigenvalue weighted by Crippen LogP contribution is 2.23. The Hall–Kier alpha value is -4.31. The fourth-order valence-electron chi connectivity index (χ4n) is 2.44. The maximum absolute atomic E-state index is 14.3. The summed E-state index contributed by atoms with van der Waals surface area (Å²) in [6.45, 7) is 1.67. The molecule has 0 fully saturated rings. The van der Waals surface area contributed by atoms with Crippen LogP contribution in [0.25, 0.3) is 11.3 Å². The highest BCUT2D eigenvalue weighted by Gasteiger charge is 2.13. The van der Waals surface area contributed by atoms with Crippen LogP contribution in [0.15, 0.2) is 42.9 Å². The molecule has 29 heavy (non-hydrogen) atoms. The van der Waals surface area contributed by atoms with E-state index in [2.05, 4.69) is 25.7 Å². The standard InChI is InChI=1S/C19H15FN8O/c1-12(8-22)25-18(29)14-4-2-13(3-5-14)17-16(20)10-23-19(27-17)26-15-9-24-28(11-15)7-6-21/h2-5,9-12H,7H2,1H3,(H,25,29)(H,23,26,27). The molecule has 1 amide bonds. The second kappa shape index (κ2) is 8.59. The van der Waals surface area contributed by atoms with Gasteiger partial charge in [-0.15, -0.1) is 0 Å². The van der Waals surface area contributed by atoms with E-state index < -0.39 is 17.8 Å². The number of halogens is 1. The molecule has 3 aromatic rings. The van der Waals surface area contributed by atoms with Gasteiger partial charge in [0.15, 0.2) is 5.82 Å². The number of carbonyl (C=O) groups excluding carboxylic acids is 1. The van der Waals surface area contributed by atoms with Crippen LogP contribution in [0.3, 0.4) is 0 Å². The Bertz CT molecular complexity index is 1110. The van der Waals surface area contributed by atoms with Crippen LogP contribution in [-0.2, 0) is 6.54 Å². The van der Waals surface area contributed by atoms with Gasteiger partial charge in [0.2, 0.25) is 5.95 Å². The first kappa shape index (κ1) is 19.5. The molecular weight excluding hydrogens is 375 g/mol. The maximum atomic E-state index is 14.3. The average molecular weight is 390 g/mol. The van der Waals surface area contributed by atoms with Crippen LogP contribution < -0.4 is 10.6 Å². The molecule has 0 saturated heterocycles. The largest absolute Gasteiger partial charge is 0.337 e. The Morgan fingerprint density at radius 3 is 2.72 bits per heavy atom. The van der Waals surface area contributed by atoms with Crippen LogP contribution in [0, 0.1) is 28.5 Å². The van der Waals surface area contributed by atoms with Gasteiger partial charge in [0.05, 0.1) is 30.2 Å². The number of nitrogens with zero attached hydrogens (tertiary/aromatic N) is 6. The molecule has 0 saturated carbocycles. The van der Waals surface area contributed by atoms with Crippen molar-refractivity contribution in [1.29, 1.82) is 10.5 Å². The summed E-state index contributed by atoms with van der Waals surface area (Å²) >= 11 is 0. The smallest absolute Gasteiger partial charge is 0.252 e. The van der Waals surface area contributed by atoms with Gasteiger partial charge >= 0.3 is 0 Å². The van der Waals surface area contributed by atoms with Gasteiger partial charge in [-0.1, -0.05) is 12.1 Å². The minimum Gasteiger partial charge on any atom is -0.337 e. The summed E-state index contributed by atoms with van der Waals surface area (Å²) in [4.78, 5) is 20.1. The summed E-state index contributed by atoms with van der Waals surface area (Å²) in [5.74, 6) is -0.862. The Morgan fingerprint density at radius 2 is 2.03 bits per heavy atom. The summed E-state index contributed by atoms with van der Waals surface area (Å²) in [6.07, 6.45) is 4.14. The normalized spacial score (nSPS) is 11.2. The summed E-state index contributed by atoms with van der Waals surface area (Å²) in [5, 5.41) is 26.9. The van der Waals surface area contributed by atoms with Crippen molar-refractivity contribution in [1.82, 2.24) is 25.1 Å². The molecule has 144 valence electrons. The van der Waals surface area contributed by atoms with Gasteiger partial charge in [-0.25, -0.2) is 14.4 Å². The van der Waals surface area contributed by atoms with Gasteiger partial charge in [-0.3, -0.25) is 9.48 Å². The molecule has 0 bridgehead atoms. The Labute approximate surface area is 165 Å². The van der Waals surface area contributed by atoms with Crippen molar-refractivity contribution in [2.24, 2.45) is 0 Å². The van der Waals surface area contributed by atoms with Crippen LogP contribution in [-0.4, -0.2) is 31.7 Å². The third-order valence-corrected chi connectivity index (χ3v) is 3.83. The van der Waals surface area contributed by atoms with Crippen molar-refractivity contribution >= 4 is 17.5 Å². The number of nitrogens with one attached hydrogen (secondary N) is 2. The number of benzene rings is 1. The molecule has 3 rings (SSSR count). The molecule has 2 heterocycles. The van der Waals surface area contributed by atoms with Crippen LogP contribution >= 0.6 is 0 Å². The molecule has 2 aromatic heterocycles. The summed E-state index contributed by atoms with van der Waals surface area (Å²) in [7, 11) is 0. The molecule has 0 spiro atoms. The first-order valence-electron chi connectivity index (χ1n) is 8.50. The highest BCUT2D eigenvalue weighted by molar-refractivity contribution is 5.95. The Kier molecular flexibility index (Phi) is 5.76. The zero-order valence-corrected chi connectivity index (χ0v) is 15.3. The number of anilines is 2. The zero-order valence-electron chi connectivity index (χ0n) is 15.3. The molecule has 2 N–H and O–H groups in total. The lowest BCUT2D eigenvalue weighted by atomic mass is 10.1. The monoisotopic (exact) mass is 390 g/mol. The topological polar surface area (TPSA) is 132 Å². The van der Waals surface area contributed by atoms with E-state index >= 15 is 0 Å². The van der Waals surface area contributed by atoms with Crippen LogP contribution in [0.5, 0.6) is 0 Å². The van der Waals surface area contributed by atoms with Gasteiger partial charge in [-0.05, 0) is 19.1 Å². The van der Waals surface area contributed by atoms with Gasteiger partial charge < -0.3 is 10.6 Å². The fraction of sp³-hybridized carbons (Fsp3) is 0.158. The molecule has 0 aliphatic carbocycles. The van der Waals surface area contributed by atoms with Crippen molar-refractivity contribution in [3.05, 3.63) is 54.2 Å². The maximum Gasteiger partial charge on any atom is 0.252 e. The van der Waals surface area contributed by atoms with Crippen molar-refractivity contribution in [3.63, 3.8) is 0 Å². The third-order valence-electron chi connectivity index (χ3n) is 3.83. The van der Waals surface area contributed by atoms with Gasteiger partial charge in [0.1, 0.15) is 18.3 Å². The fourth-order valence-corrected chi connectivity index (χ4v) is 2.44. The summed E-state index contributed by atoms with van der Waals surface area (Å²) in [5.41, 5.74) is 1.41. The molecule has 1 unspecified atom stereocenters. The Morgan fingerprint density at radius 1 is 1.28 bits per heavy atom. The van der Waals surface area contributed by atoms with Gasteiger partial charge in [-0.2, -0.15) is 15.6 Å². The second-order valence-electron chi connectivity index (χ2n) is 6.00. The number of aromatic nitrogens is 4. The van der Waals surface area contributed by atoms with E-state index in [9.17, 15) is 9.18 Å². The molecule has 10 heteroatoms. The number of rotatable bonds is 6. The number of hydrogen-bond acceptors (Lipinski definition) is 7. The average Bonchev–Trinajstić information content (AvgIpc) is 3.16. The van der Waals surface area contributed by atoms with Crippen molar-refractivity contribution in [2.75, 3.05) is 5.32 Å². The quantitative estimate of drug-likeness (QED) is 0.660. The van der Waals surface area contributed by atoms with E-state index in [0.29, 0.717) is 16.8 Å². The van der Waals surface area contributed by atoms with Crippen molar-refractivity contribution in [3.8, 4) is 23.4 Å². The first-order valence-corrected chi connectivity index (χ1v) is 8.50. The van der Waals surface area contributed by atoms with Crippen molar-refractivity contribution in [2.45, 2.75) is 19.5 Å². The van der Waals surface area contributed by atoms with Crippen LogP contribution in [0.1, 0.15) is 17.3 Å². The first-order chi connectivity index (χ1) is 14.0. The molecule has 0 aliphatic rings. The van der Waals surface area contributed by atoms with Crippen molar-refractivity contribution < 1.29 is 9.18 Å². The van der Waals surface area contributed by atoms with E-state index in [4.69, 9.17) is 10.5 Å². The predicted molar refractivity (Wildman–Crippen MR) is 101 cm³/mol. The minimum absolute atomic E-state index is 0.0595.